The number of likely N-dealkylation sites (N-methyl/N-ethyl adjacent to an activating group) is 2. The molecule has 2 unspecified atom stereocenters. The summed E-state index contributed by atoms with van der Waals surface area (Å²) in [5.74, 6) is -0.268. The highest BCUT2D eigenvalue weighted by atomic mass is 16.3. The van der Waals surface area contributed by atoms with Crippen LogP contribution in [0.15, 0.2) is 18.2 Å². The van der Waals surface area contributed by atoms with Crippen LogP contribution in [0, 0.1) is 12.8 Å². The highest BCUT2D eigenvalue weighted by Gasteiger charge is 2.63. The molecule has 0 bridgehead atoms. The average molecular weight is 444 g/mol. The fourth-order valence-electron chi connectivity index (χ4n) is 6.25. The molecule has 1 aliphatic carbocycles. The second-order valence-electron chi connectivity index (χ2n) is 10.3. The van der Waals surface area contributed by atoms with Crippen molar-refractivity contribution in [3.63, 3.8) is 0 Å². The largest absolute Gasteiger partial charge is 0.508 e. The lowest BCUT2D eigenvalue weighted by Crippen LogP contribution is -2.70. The van der Waals surface area contributed by atoms with Crippen LogP contribution in [-0.2, 0) is 15.0 Å². The Labute approximate surface area is 191 Å². The van der Waals surface area contributed by atoms with Crippen molar-refractivity contribution < 1.29 is 19.8 Å². The number of rotatable bonds is 3. The number of aliphatic hydroxyl groups is 1. The summed E-state index contributed by atoms with van der Waals surface area (Å²) in [5, 5.41) is 22.5. The van der Waals surface area contributed by atoms with Gasteiger partial charge in [0.15, 0.2) is 0 Å². The quantitative estimate of drug-likeness (QED) is 0.737. The smallest absolute Gasteiger partial charge is 0.223 e. The Bertz CT molecular complexity index is 897. The molecule has 1 amide bonds. The second-order valence-corrected chi connectivity index (χ2v) is 10.3. The lowest BCUT2D eigenvalue weighted by atomic mass is 9.51. The summed E-state index contributed by atoms with van der Waals surface area (Å²) in [6.45, 7) is 7.81. The number of benzene rings is 1. The monoisotopic (exact) mass is 443 g/mol. The van der Waals surface area contributed by atoms with E-state index in [1.54, 1.807) is 12.1 Å². The van der Waals surface area contributed by atoms with Crippen LogP contribution in [0.1, 0.15) is 43.7 Å². The molecule has 32 heavy (non-hydrogen) atoms. The fourth-order valence-corrected chi connectivity index (χ4v) is 6.25. The number of Topliss-reactive ketones (excluding diaryl/α,β-unsaturated/α-hetero) is 1. The highest BCUT2D eigenvalue weighted by molar-refractivity contribution is 5.89. The first-order valence-corrected chi connectivity index (χ1v) is 11.8. The van der Waals surface area contributed by atoms with Crippen molar-refractivity contribution in [3.8, 4) is 5.75 Å². The maximum atomic E-state index is 13.5. The third kappa shape index (κ3) is 3.74. The lowest BCUT2D eigenvalue weighted by Gasteiger charge is -2.60. The highest BCUT2D eigenvalue weighted by Crippen LogP contribution is 2.55. The van der Waals surface area contributed by atoms with Gasteiger partial charge in [-0.15, -0.1) is 0 Å². The van der Waals surface area contributed by atoms with Crippen LogP contribution >= 0.6 is 0 Å². The summed E-state index contributed by atoms with van der Waals surface area (Å²) in [5.41, 5.74) is -0.0963. The molecule has 4 rings (SSSR count). The van der Waals surface area contributed by atoms with Crippen molar-refractivity contribution in [3.05, 3.63) is 29.3 Å². The molecule has 1 aromatic carbocycles. The van der Waals surface area contributed by atoms with E-state index in [2.05, 4.69) is 9.80 Å². The van der Waals surface area contributed by atoms with Gasteiger partial charge in [-0.3, -0.25) is 9.59 Å². The summed E-state index contributed by atoms with van der Waals surface area (Å²) in [7, 11) is 4.05. The number of aromatic hydroxyl groups is 1. The van der Waals surface area contributed by atoms with Crippen LogP contribution in [0.3, 0.4) is 0 Å². The Morgan fingerprint density at radius 2 is 1.84 bits per heavy atom. The van der Waals surface area contributed by atoms with Gasteiger partial charge in [0.05, 0.1) is 5.60 Å². The SMILES string of the molecule is Cc1ccc(O)cc1[C@]12CCN(C)C(C)C1(O)C[C@H](CC(=O)N1CCN(C)CC1)C(=O)C2. The summed E-state index contributed by atoms with van der Waals surface area (Å²) in [4.78, 5) is 32.7. The van der Waals surface area contributed by atoms with Crippen LogP contribution in [0.2, 0.25) is 0 Å². The number of fused-ring (bicyclic) bond motifs is 1. The van der Waals surface area contributed by atoms with E-state index in [0.717, 1.165) is 30.8 Å². The minimum Gasteiger partial charge on any atom is -0.508 e. The summed E-state index contributed by atoms with van der Waals surface area (Å²) < 4.78 is 0. The molecule has 4 atom stereocenters. The minimum atomic E-state index is -1.17. The number of phenols is 1. The first-order chi connectivity index (χ1) is 15.1. The number of amides is 1. The van der Waals surface area contributed by atoms with Crippen molar-refractivity contribution in [2.45, 2.75) is 56.6 Å². The molecule has 176 valence electrons. The zero-order chi connectivity index (χ0) is 23.3. The Morgan fingerprint density at radius 1 is 1.16 bits per heavy atom. The maximum Gasteiger partial charge on any atom is 0.223 e. The zero-order valence-corrected chi connectivity index (χ0v) is 19.8. The lowest BCUT2D eigenvalue weighted by molar-refractivity contribution is -0.172. The standard InChI is InChI=1S/C25H37N3O4/c1-17-5-6-20(29)14-21(17)24-7-8-27(4)18(2)25(24,32)15-19(22(30)16-24)13-23(31)28-11-9-26(3)10-12-28/h5-6,14,18-19,29,32H,7-13,15-16H2,1-4H3/t18?,19-,24+,25?/m0/s1. The van der Waals surface area contributed by atoms with Gasteiger partial charge in [-0.05, 0) is 70.6 Å². The fraction of sp³-hybridized carbons (Fsp3) is 0.680. The minimum absolute atomic E-state index is 0.0119. The van der Waals surface area contributed by atoms with E-state index in [1.807, 2.05) is 38.9 Å². The van der Waals surface area contributed by atoms with Crippen molar-refractivity contribution in [1.29, 1.82) is 0 Å². The molecule has 0 radical (unpaired) electrons. The summed E-state index contributed by atoms with van der Waals surface area (Å²) in [6, 6.07) is 5.06. The molecule has 1 saturated carbocycles. The molecule has 1 aromatic rings. The number of phenolic OH excluding ortho intramolecular Hbond substituents is 1. The van der Waals surface area contributed by atoms with Gasteiger partial charge in [0.25, 0.3) is 0 Å². The molecule has 2 aliphatic heterocycles. The van der Waals surface area contributed by atoms with E-state index in [4.69, 9.17) is 0 Å². The van der Waals surface area contributed by atoms with Crippen molar-refractivity contribution in [2.24, 2.45) is 5.92 Å². The number of piperazine rings is 1. The van der Waals surface area contributed by atoms with Crippen LogP contribution in [0.5, 0.6) is 5.75 Å². The predicted molar refractivity (Wildman–Crippen MR) is 123 cm³/mol. The Hall–Kier alpha value is -1.96. The number of piperidine rings is 1. The first kappa shape index (κ1) is 23.2. The number of hydrogen-bond acceptors (Lipinski definition) is 6. The maximum absolute atomic E-state index is 13.5. The third-order valence-corrected chi connectivity index (χ3v) is 8.57. The summed E-state index contributed by atoms with van der Waals surface area (Å²) in [6.07, 6.45) is 1.27. The third-order valence-electron chi connectivity index (χ3n) is 8.57. The summed E-state index contributed by atoms with van der Waals surface area (Å²) >= 11 is 0. The number of likely N-dealkylation sites (tertiary alicyclic amines) is 1. The molecule has 7 heteroatoms. The van der Waals surface area contributed by atoms with Crippen molar-refractivity contribution >= 4 is 11.7 Å². The van der Waals surface area contributed by atoms with Gasteiger partial charge in [-0.25, -0.2) is 0 Å². The van der Waals surface area contributed by atoms with Gasteiger partial charge in [0.2, 0.25) is 5.91 Å². The van der Waals surface area contributed by atoms with Crippen LogP contribution in [0.25, 0.3) is 0 Å². The zero-order valence-electron chi connectivity index (χ0n) is 19.8. The van der Waals surface area contributed by atoms with Gasteiger partial charge in [0.1, 0.15) is 11.5 Å². The van der Waals surface area contributed by atoms with Gasteiger partial charge in [-0.2, -0.15) is 0 Å². The van der Waals surface area contributed by atoms with Gasteiger partial charge in [-0.1, -0.05) is 6.07 Å². The molecule has 0 spiro atoms. The van der Waals surface area contributed by atoms with E-state index in [0.29, 0.717) is 19.5 Å². The van der Waals surface area contributed by atoms with E-state index in [-0.39, 0.29) is 42.7 Å². The molecule has 3 fully saturated rings. The number of ketones is 1. The molecular formula is C25H37N3O4. The van der Waals surface area contributed by atoms with Gasteiger partial charge < -0.3 is 24.9 Å². The molecule has 2 heterocycles. The van der Waals surface area contributed by atoms with Crippen LogP contribution in [0.4, 0.5) is 0 Å². The predicted octanol–water partition coefficient (Wildman–Crippen LogP) is 1.54. The number of hydrogen-bond donors (Lipinski definition) is 2. The number of nitrogens with zero attached hydrogens (tertiary/aromatic N) is 3. The van der Waals surface area contributed by atoms with E-state index >= 15 is 0 Å². The topological polar surface area (TPSA) is 84.3 Å². The Morgan fingerprint density at radius 3 is 2.53 bits per heavy atom. The molecule has 7 nitrogen and oxygen atoms in total. The van der Waals surface area contributed by atoms with Crippen LogP contribution in [-0.4, -0.2) is 95.1 Å². The van der Waals surface area contributed by atoms with E-state index < -0.39 is 16.9 Å². The van der Waals surface area contributed by atoms with E-state index in [1.165, 1.54) is 0 Å². The normalized spacial score (nSPS) is 34.4. The van der Waals surface area contributed by atoms with Gasteiger partial charge in [0, 0.05) is 56.4 Å². The molecule has 0 aromatic heterocycles. The van der Waals surface area contributed by atoms with E-state index in [9.17, 15) is 19.8 Å². The van der Waals surface area contributed by atoms with Crippen molar-refractivity contribution in [2.75, 3.05) is 46.8 Å². The first-order valence-electron chi connectivity index (χ1n) is 11.8. The number of carbonyl (C=O) groups excluding carboxylic acids is 2. The molecular weight excluding hydrogens is 406 g/mol. The number of aryl methyl sites for hydroxylation is 1. The molecule has 2 saturated heterocycles. The van der Waals surface area contributed by atoms with Gasteiger partial charge >= 0.3 is 0 Å². The average Bonchev–Trinajstić information content (AvgIpc) is 2.75. The molecule has 2 N–H and O–H groups in total. The second kappa shape index (κ2) is 8.43. The Balaban J connectivity index is 1.65. The number of carbonyl (C=O) groups is 2. The molecule has 3 aliphatic rings. The van der Waals surface area contributed by atoms with Crippen LogP contribution < -0.4 is 0 Å². The van der Waals surface area contributed by atoms with Crippen molar-refractivity contribution in [1.82, 2.24) is 14.7 Å². The Kier molecular flexibility index (Phi) is 6.11.